The van der Waals surface area contributed by atoms with Crippen molar-refractivity contribution < 1.29 is 4.79 Å². The van der Waals surface area contributed by atoms with E-state index >= 15 is 0 Å². The Hall–Kier alpha value is -1.29. The molecule has 0 bridgehead atoms. The van der Waals surface area contributed by atoms with Gasteiger partial charge in [-0.1, -0.05) is 18.5 Å². The molecule has 1 heterocycles. The van der Waals surface area contributed by atoms with E-state index in [4.69, 9.17) is 11.6 Å². The van der Waals surface area contributed by atoms with Crippen molar-refractivity contribution in [1.82, 2.24) is 10.3 Å². The lowest BCUT2D eigenvalue weighted by Gasteiger charge is -2.07. The van der Waals surface area contributed by atoms with Crippen LogP contribution in [0.2, 0.25) is 5.02 Å². The molecule has 2 N–H and O–H groups in total. The molecule has 0 aromatic carbocycles. The maximum atomic E-state index is 11.9. The zero-order chi connectivity index (χ0) is 13.1. The van der Waals surface area contributed by atoms with Gasteiger partial charge in [0.25, 0.3) is 5.91 Å². The van der Waals surface area contributed by atoms with Crippen molar-refractivity contribution in [2.75, 3.05) is 18.4 Å². The van der Waals surface area contributed by atoms with Crippen LogP contribution in [-0.2, 0) is 0 Å². The van der Waals surface area contributed by atoms with Crippen molar-refractivity contribution in [3.8, 4) is 0 Å². The molecular formula is C13H18ClN3O. The average Bonchev–Trinajstić information content (AvgIpc) is 3.05. The topological polar surface area (TPSA) is 54.0 Å². The van der Waals surface area contributed by atoms with Crippen LogP contribution in [0.5, 0.6) is 0 Å². The van der Waals surface area contributed by atoms with Crippen LogP contribution in [0.25, 0.3) is 0 Å². The van der Waals surface area contributed by atoms with E-state index in [0.717, 1.165) is 19.0 Å². The summed E-state index contributed by atoms with van der Waals surface area (Å²) in [5.74, 6) is 1.89. The van der Waals surface area contributed by atoms with Crippen LogP contribution in [0.3, 0.4) is 0 Å². The first-order valence-electron chi connectivity index (χ1n) is 6.29. The first-order valence-corrected chi connectivity index (χ1v) is 6.67. The van der Waals surface area contributed by atoms with E-state index in [1.807, 2.05) is 6.92 Å². The highest BCUT2D eigenvalue weighted by atomic mass is 35.5. The second-order valence-corrected chi connectivity index (χ2v) is 5.18. The highest BCUT2D eigenvalue weighted by Gasteiger charge is 2.32. The molecule has 1 aliphatic carbocycles. The van der Waals surface area contributed by atoms with Crippen molar-refractivity contribution in [3.63, 3.8) is 0 Å². The number of pyridine rings is 1. The number of nitrogens with one attached hydrogen (secondary N) is 2. The van der Waals surface area contributed by atoms with Crippen molar-refractivity contribution in [2.24, 2.45) is 11.8 Å². The molecule has 1 aromatic heterocycles. The minimum Gasteiger partial charge on any atom is -0.369 e. The smallest absolute Gasteiger partial charge is 0.252 e. The van der Waals surface area contributed by atoms with Gasteiger partial charge in [0.2, 0.25) is 0 Å². The predicted molar refractivity (Wildman–Crippen MR) is 73.0 cm³/mol. The monoisotopic (exact) mass is 267 g/mol. The van der Waals surface area contributed by atoms with Gasteiger partial charge in [-0.3, -0.25) is 4.79 Å². The molecule has 0 saturated heterocycles. The van der Waals surface area contributed by atoms with E-state index in [0.29, 0.717) is 22.3 Å². The number of nitrogens with zero attached hydrogens (tertiary/aromatic N) is 1. The number of aromatic nitrogens is 1. The van der Waals surface area contributed by atoms with Crippen LogP contribution < -0.4 is 10.6 Å². The summed E-state index contributed by atoms with van der Waals surface area (Å²) in [5, 5.41) is 6.42. The molecule has 1 aliphatic rings. The van der Waals surface area contributed by atoms with Gasteiger partial charge < -0.3 is 10.6 Å². The Kier molecular flexibility index (Phi) is 4.07. The van der Waals surface area contributed by atoms with Crippen molar-refractivity contribution in [3.05, 3.63) is 22.8 Å². The molecule has 98 valence electrons. The van der Waals surface area contributed by atoms with Crippen molar-refractivity contribution >= 4 is 23.3 Å². The predicted octanol–water partition coefficient (Wildman–Crippen LogP) is 2.55. The maximum Gasteiger partial charge on any atom is 0.252 e. The first-order chi connectivity index (χ1) is 8.61. The summed E-state index contributed by atoms with van der Waals surface area (Å²) in [5.41, 5.74) is 0.509. The van der Waals surface area contributed by atoms with Gasteiger partial charge in [-0.25, -0.2) is 4.98 Å². The van der Waals surface area contributed by atoms with Crippen LogP contribution in [0.4, 0.5) is 5.82 Å². The number of halogens is 1. The number of anilines is 1. The molecule has 0 spiro atoms. The Morgan fingerprint density at radius 1 is 1.61 bits per heavy atom. The molecular weight excluding hydrogens is 250 g/mol. The van der Waals surface area contributed by atoms with Gasteiger partial charge in [-0.05, 0) is 31.2 Å². The number of amides is 1. The summed E-state index contributed by atoms with van der Waals surface area (Å²) >= 11 is 6.05. The van der Waals surface area contributed by atoms with Crippen LogP contribution in [0.15, 0.2) is 12.3 Å². The number of rotatable bonds is 5. The maximum absolute atomic E-state index is 11.9. The fraction of sp³-hybridized carbons (Fsp3) is 0.538. The summed E-state index contributed by atoms with van der Waals surface area (Å²) in [6.07, 6.45) is 2.76. The van der Waals surface area contributed by atoms with Gasteiger partial charge in [0.1, 0.15) is 5.82 Å². The second kappa shape index (κ2) is 5.57. The fourth-order valence-corrected chi connectivity index (χ4v) is 2.10. The van der Waals surface area contributed by atoms with Gasteiger partial charge >= 0.3 is 0 Å². The molecule has 0 aliphatic heterocycles. The molecule has 2 rings (SSSR count). The molecule has 1 amide bonds. The minimum absolute atomic E-state index is 0.105. The van der Waals surface area contributed by atoms with Gasteiger partial charge in [0.15, 0.2) is 0 Å². The fourth-order valence-electron chi connectivity index (χ4n) is 1.87. The summed E-state index contributed by atoms with van der Waals surface area (Å²) in [4.78, 5) is 16.0. The van der Waals surface area contributed by atoms with Gasteiger partial charge in [-0.2, -0.15) is 0 Å². The van der Waals surface area contributed by atoms with Crippen molar-refractivity contribution in [2.45, 2.75) is 20.3 Å². The van der Waals surface area contributed by atoms with Crippen molar-refractivity contribution in [1.29, 1.82) is 0 Å². The quantitative estimate of drug-likeness (QED) is 0.862. The lowest BCUT2D eigenvalue weighted by atomic mass is 10.2. The van der Waals surface area contributed by atoms with E-state index in [1.165, 1.54) is 6.42 Å². The number of hydrogen-bond donors (Lipinski definition) is 2. The number of carbonyl (C=O) groups excluding carboxylic acids is 1. The lowest BCUT2D eigenvalue weighted by molar-refractivity contribution is 0.0951. The molecule has 0 radical (unpaired) electrons. The molecule has 2 atom stereocenters. The van der Waals surface area contributed by atoms with E-state index in [-0.39, 0.29) is 5.91 Å². The third-order valence-electron chi connectivity index (χ3n) is 3.25. The average molecular weight is 268 g/mol. The molecule has 1 aromatic rings. The minimum atomic E-state index is -0.105. The zero-order valence-electron chi connectivity index (χ0n) is 10.7. The molecule has 18 heavy (non-hydrogen) atoms. The third kappa shape index (κ3) is 3.13. The Morgan fingerprint density at radius 3 is 2.89 bits per heavy atom. The SMILES string of the molecule is CCNc1ncc(C(=O)NCC2CC2C)cc1Cl. The Bertz CT molecular complexity index is 450. The summed E-state index contributed by atoms with van der Waals surface area (Å²) in [6, 6.07) is 1.65. The molecule has 4 nitrogen and oxygen atoms in total. The van der Waals surface area contributed by atoms with E-state index in [1.54, 1.807) is 12.3 Å². The Balaban J connectivity index is 1.95. The number of carbonyl (C=O) groups is 1. The van der Waals surface area contributed by atoms with Gasteiger partial charge in [0, 0.05) is 19.3 Å². The molecule has 1 fully saturated rings. The van der Waals surface area contributed by atoms with Crippen LogP contribution >= 0.6 is 11.6 Å². The lowest BCUT2D eigenvalue weighted by Crippen LogP contribution is -2.26. The largest absolute Gasteiger partial charge is 0.369 e. The summed E-state index contributed by atoms with van der Waals surface area (Å²) in [7, 11) is 0. The zero-order valence-corrected chi connectivity index (χ0v) is 11.4. The van der Waals surface area contributed by atoms with Gasteiger partial charge in [0.05, 0.1) is 10.6 Å². The van der Waals surface area contributed by atoms with E-state index in [2.05, 4.69) is 22.5 Å². The summed E-state index contributed by atoms with van der Waals surface area (Å²) in [6.45, 7) is 5.65. The Morgan fingerprint density at radius 2 is 2.33 bits per heavy atom. The van der Waals surface area contributed by atoms with E-state index in [9.17, 15) is 4.79 Å². The first kappa shape index (κ1) is 13.1. The second-order valence-electron chi connectivity index (χ2n) is 4.77. The molecule has 5 heteroatoms. The van der Waals surface area contributed by atoms with Crippen LogP contribution in [0.1, 0.15) is 30.6 Å². The highest BCUT2D eigenvalue weighted by molar-refractivity contribution is 6.33. The summed E-state index contributed by atoms with van der Waals surface area (Å²) < 4.78 is 0. The Labute approximate surface area is 112 Å². The van der Waals surface area contributed by atoms with Crippen LogP contribution in [-0.4, -0.2) is 24.0 Å². The van der Waals surface area contributed by atoms with Crippen LogP contribution in [0, 0.1) is 11.8 Å². The third-order valence-corrected chi connectivity index (χ3v) is 3.54. The standard InChI is InChI=1S/C13H18ClN3O/c1-3-15-12-11(14)5-10(7-16-12)13(18)17-6-9-4-8(9)2/h5,7-9H,3-4,6H2,1-2H3,(H,15,16)(H,17,18). The normalized spacial score (nSPS) is 21.5. The molecule has 2 unspecified atom stereocenters. The number of hydrogen-bond acceptors (Lipinski definition) is 3. The highest BCUT2D eigenvalue weighted by Crippen LogP contribution is 2.36. The molecule has 1 saturated carbocycles. The van der Waals surface area contributed by atoms with E-state index < -0.39 is 0 Å². The van der Waals surface area contributed by atoms with Gasteiger partial charge in [-0.15, -0.1) is 0 Å².